The molecule has 2 aromatic carbocycles. The molecule has 0 aliphatic carbocycles. The fourth-order valence-electron chi connectivity index (χ4n) is 2.19. The second-order valence-corrected chi connectivity index (χ2v) is 5.76. The Morgan fingerprint density at radius 1 is 1.08 bits per heavy atom. The number of non-ortho nitro benzene ring substituents is 1. The van der Waals surface area contributed by atoms with E-state index in [9.17, 15) is 19.7 Å². The van der Waals surface area contributed by atoms with E-state index in [0.29, 0.717) is 11.3 Å². The van der Waals surface area contributed by atoms with Crippen molar-refractivity contribution in [3.05, 3.63) is 69.8 Å². The number of nitrogens with zero attached hydrogens (tertiary/aromatic N) is 2. The van der Waals surface area contributed by atoms with Gasteiger partial charge >= 0.3 is 0 Å². The van der Waals surface area contributed by atoms with Gasteiger partial charge in [0.2, 0.25) is 11.8 Å². The van der Waals surface area contributed by atoms with Crippen molar-refractivity contribution < 1.29 is 14.5 Å². The first kappa shape index (κ1) is 18.1. The normalized spacial score (nSPS) is 10.2. The van der Waals surface area contributed by atoms with E-state index in [2.05, 4.69) is 5.32 Å². The van der Waals surface area contributed by atoms with Gasteiger partial charge in [0, 0.05) is 24.9 Å². The third-order valence-corrected chi connectivity index (χ3v) is 3.64. The molecule has 25 heavy (non-hydrogen) atoms. The Hall–Kier alpha value is -3.22. The van der Waals surface area contributed by atoms with E-state index in [-0.39, 0.29) is 30.5 Å². The maximum absolute atomic E-state index is 12.2. The van der Waals surface area contributed by atoms with Gasteiger partial charge < -0.3 is 10.2 Å². The lowest BCUT2D eigenvalue weighted by molar-refractivity contribution is -0.384. The summed E-state index contributed by atoms with van der Waals surface area (Å²) in [4.78, 5) is 35.6. The molecule has 0 atom stereocenters. The van der Waals surface area contributed by atoms with E-state index in [1.807, 2.05) is 19.1 Å². The molecule has 7 heteroatoms. The maximum atomic E-state index is 12.2. The van der Waals surface area contributed by atoms with Crippen LogP contribution in [0.3, 0.4) is 0 Å². The van der Waals surface area contributed by atoms with E-state index in [0.717, 1.165) is 5.56 Å². The predicted octanol–water partition coefficient (Wildman–Crippen LogP) is 2.54. The average molecular weight is 341 g/mol. The number of amides is 2. The summed E-state index contributed by atoms with van der Waals surface area (Å²) in [6.07, 6.45) is 0.0757. The Balaban J connectivity index is 1.87. The second kappa shape index (κ2) is 8.05. The summed E-state index contributed by atoms with van der Waals surface area (Å²) in [6.45, 7) is 1.88. The molecular weight excluding hydrogens is 322 g/mol. The lowest BCUT2D eigenvalue weighted by atomic mass is 10.1. The summed E-state index contributed by atoms with van der Waals surface area (Å²) >= 11 is 0. The molecule has 0 saturated heterocycles. The first-order valence-electron chi connectivity index (χ1n) is 7.69. The molecule has 1 N–H and O–H groups in total. The maximum Gasteiger partial charge on any atom is 0.269 e. The highest BCUT2D eigenvalue weighted by molar-refractivity contribution is 5.94. The number of nitro benzene ring substituents is 1. The second-order valence-electron chi connectivity index (χ2n) is 5.76. The lowest BCUT2D eigenvalue weighted by Crippen LogP contribution is -2.35. The number of aryl methyl sites for hydroxylation is 1. The number of likely N-dealkylation sites (N-methyl/N-ethyl adjacent to an activating group) is 1. The number of benzene rings is 2. The van der Waals surface area contributed by atoms with Crippen molar-refractivity contribution in [2.24, 2.45) is 0 Å². The molecule has 130 valence electrons. The number of carbonyl (C=O) groups excluding carboxylic acids is 2. The van der Waals surface area contributed by atoms with Crippen LogP contribution in [0.15, 0.2) is 48.5 Å². The molecule has 0 unspecified atom stereocenters. The fraction of sp³-hybridized carbons (Fsp3) is 0.222. The zero-order valence-corrected chi connectivity index (χ0v) is 14.1. The fourth-order valence-corrected chi connectivity index (χ4v) is 2.19. The van der Waals surface area contributed by atoms with Crippen LogP contribution in [0, 0.1) is 17.0 Å². The zero-order chi connectivity index (χ0) is 18.4. The number of hydrogen-bond acceptors (Lipinski definition) is 4. The third-order valence-electron chi connectivity index (χ3n) is 3.64. The van der Waals surface area contributed by atoms with Crippen LogP contribution in [0.4, 0.5) is 11.4 Å². The van der Waals surface area contributed by atoms with Crippen LogP contribution >= 0.6 is 0 Å². The summed E-state index contributed by atoms with van der Waals surface area (Å²) in [6, 6.07) is 13.2. The largest absolute Gasteiger partial charge is 0.336 e. The van der Waals surface area contributed by atoms with Crippen molar-refractivity contribution in [3.8, 4) is 0 Å². The van der Waals surface area contributed by atoms with Gasteiger partial charge in [0.05, 0.1) is 17.9 Å². The monoisotopic (exact) mass is 341 g/mol. The molecule has 0 heterocycles. The van der Waals surface area contributed by atoms with Gasteiger partial charge in [-0.05, 0) is 24.6 Å². The molecule has 0 aliphatic rings. The van der Waals surface area contributed by atoms with Crippen LogP contribution in [0.5, 0.6) is 0 Å². The highest BCUT2D eigenvalue weighted by Gasteiger charge is 2.14. The molecule has 0 aliphatic heterocycles. The van der Waals surface area contributed by atoms with Crippen molar-refractivity contribution in [2.45, 2.75) is 13.3 Å². The van der Waals surface area contributed by atoms with Crippen LogP contribution in [0.25, 0.3) is 0 Å². The van der Waals surface area contributed by atoms with Crippen molar-refractivity contribution >= 4 is 23.2 Å². The van der Waals surface area contributed by atoms with E-state index < -0.39 is 4.92 Å². The van der Waals surface area contributed by atoms with Crippen LogP contribution in [0.2, 0.25) is 0 Å². The minimum Gasteiger partial charge on any atom is -0.336 e. The Labute approximate surface area is 145 Å². The Morgan fingerprint density at radius 2 is 1.68 bits per heavy atom. The third kappa shape index (κ3) is 5.42. The molecule has 2 rings (SSSR count). The molecule has 2 aromatic rings. The van der Waals surface area contributed by atoms with Crippen LogP contribution in [0.1, 0.15) is 11.1 Å². The first-order valence-corrected chi connectivity index (χ1v) is 7.69. The topological polar surface area (TPSA) is 92.6 Å². The molecule has 0 aromatic heterocycles. The molecule has 0 radical (unpaired) electrons. The van der Waals surface area contributed by atoms with Crippen LogP contribution < -0.4 is 5.32 Å². The van der Waals surface area contributed by atoms with Gasteiger partial charge in [0.15, 0.2) is 0 Å². The standard InChI is InChI=1S/C18H19N3O4/c1-13-3-7-15(8-4-13)19-17(22)12-20(2)18(23)11-14-5-9-16(10-6-14)21(24)25/h3-10H,11-12H2,1-2H3,(H,19,22). The molecule has 0 spiro atoms. The number of carbonyl (C=O) groups is 2. The SMILES string of the molecule is Cc1ccc(NC(=O)CN(C)C(=O)Cc2ccc([N+](=O)[O-])cc2)cc1. The van der Waals surface area contributed by atoms with Crippen molar-refractivity contribution in [2.75, 3.05) is 18.9 Å². The number of nitrogens with one attached hydrogen (secondary N) is 1. The minimum atomic E-state index is -0.493. The molecule has 0 fully saturated rings. The van der Waals surface area contributed by atoms with Gasteiger partial charge in [-0.25, -0.2) is 0 Å². The van der Waals surface area contributed by atoms with Crippen molar-refractivity contribution in [1.82, 2.24) is 4.90 Å². The summed E-state index contributed by atoms with van der Waals surface area (Å²) in [5, 5.41) is 13.3. The molecule has 7 nitrogen and oxygen atoms in total. The molecule has 0 bridgehead atoms. The zero-order valence-electron chi connectivity index (χ0n) is 14.1. The van der Waals surface area contributed by atoms with Gasteiger partial charge in [0.1, 0.15) is 0 Å². The van der Waals surface area contributed by atoms with E-state index >= 15 is 0 Å². The van der Waals surface area contributed by atoms with E-state index in [1.165, 1.54) is 29.2 Å². The lowest BCUT2D eigenvalue weighted by Gasteiger charge is -2.17. The highest BCUT2D eigenvalue weighted by Crippen LogP contribution is 2.13. The van der Waals surface area contributed by atoms with Crippen molar-refractivity contribution in [1.29, 1.82) is 0 Å². The number of nitro groups is 1. The van der Waals surface area contributed by atoms with Crippen LogP contribution in [-0.4, -0.2) is 35.2 Å². The molecule has 0 saturated carbocycles. The van der Waals surface area contributed by atoms with Crippen LogP contribution in [-0.2, 0) is 16.0 Å². The number of rotatable bonds is 6. The molecule has 2 amide bonds. The number of anilines is 1. The summed E-state index contributed by atoms with van der Waals surface area (Å²) in [7, 11) is 1.54. The average Bonchev–Trinajstić information content (AvgIpc) is 2.57. The number of hydrogen-bond donors (Lipinski definition) is 1. The highest BCUT2D eigenvalue weighted by atomic mass is 16.6. The van der Waals surface area contributed by atoms with Gasteiger partial charge in [-0.1, -0.05) is 29.8 Å². The summed E-state index contributed by atoms with van der Waals surface area (Å²) < 4.78 is 0. The van der Waals surface area contributed by atoms with Gasteiger partial charge in [0.25, 0.3) is 5.69 Å². The van der Waals surface area contributed by atoms with E-state index in [4.69, 9.17) is 0 Å². The van der Waals surface area contributed by atoms with Gasteiger partial charge in [-0.15, -0.1) is 0 Å². The first-order chi connectivity index (χ1) is 11.8. The van der Waals surface area contributed by atoms with E-state index in [1.54, 1.807) is 19.2 Å². The quantitative estimate of drug-likeness (QED) is 0.645. The Morgan fingerprint density at radius 3 is 2.24 bits per heavy atom. The summed E-state index contributed by atoms with van der Waals surface area (Å²) in [5.74, 6) is -0.531. The minimum absolute atomic E-state index is 0.0259. The summed E-state index contributed by atoms with van der Waals surface area (Å²) in [5.41, 5.74) is 2.39. The smallest absolute Gasteiger partial charge is 0.269 e. The van der Waals surface area contributed by atoms with Gasteiger partial charge in [-0.3, -0.25) is 19.7 Å². The van der Waals surface area contributed by atoms with Gasteiger partial charge in [-0.2, -0.15) is 0 Å². The van der Waals surface area contributed by atoms with Crippen molar-refractivity contribution in [3.63, 3.8) is 0 Å². The predicted molar refractivity (Wildman–Crippen MR) is 94.2 cm³/mol. The molecular formula is C18H19N3O4. The Bertz CT molecular complexity index is 770. The Kier molecular flexibility index (Phi) is 5.84.